The van der Waals surface area contributed by atoms with Crippen LogP contribution in [0.1, 0.15) is 81.7 Å². The average Bonchev–Trinajstić information content (AvgIpc) is 2.83. The van der Waals surface area contributed by atoms with Crippen molar-refractivity contribution in [2.75, 3.05) is 11.9 Å². The van der Waals surface area contributed by atoms with E-state index in [2.05, 4.69) is 10.6 Å². The summed E-state index contributed by atoms with van der Waals surface area (Å²) >= 11 is 6.43. The molecule has 0 saturated carbocycles. The first-order valence-electron chi connectivity index (χ1n) is 13.9. The number of anilines is 1. The van der Waals surface area contributed by atoms with Crippen LogP contribution in [0.25, 0.3) is 0 Å². The van der Waals surface area contributed by atoms with E-state index >= 15 is 0 Å². The van der Waals surface area contributed by atoms with Gasteiger partial charge in [0.15, 0.2) is 0 Å². The van der Waals surface area contributed by atoms with Crippen molar-refractivity contribution in [1.82, 2.24) is 10.2 Å². The van der Waals surface area contributed by atoms with Crippen LogP contribution >= 0.6 is 11.6 Å². The molecule has 2 rings (SSSR count). The monoisotopic (exact) mass is 586 g/mol. The highest BCUT2D eigenvalue weighted by atomic mass is 35.5. The summed E-state index contributed by atoms with van der Waals surface area (Å²) in [5, 5.41) is 5.79. The number of primary amides is 1. The molecule has 41 heavy (non-hydrogen) atoms. The minimum atomic E-state index is -1.34. The molecular formula is C31H43ClN4O5. The van der Waals surface area contributed by atoms with Gasteiger partial charge in [-0.15, -0.1) is 0 Å². The molecule has 0 bridgehead atoms. The summed E-state index contributed by atoms with van der Waals surface area (Å²) in [5.74, 6) is -1.89. The Balaban J connectivity index is 2.64. The number of para-hydroxylation sites is 1. The minimum Gasteiger partial charge on any atom is -0.444 e. The number of alkyl carbamates (subject to hydrolysis) is 1. The summed E-state index contributed by atoms with van der Waals surface area (Å²) in [6.07, 6.45) is 0.936. The predicted octanol–water partition coefficient (Wildman–Crippen LogP) is 5.73. The van der Waals surface area contributed by atoms with E-state index in [1.807, 2.05) is 52.0 Å². The molecule has 4 amide bonds. The topological polar surface area (TPSA) is 131 Å². The van der Waals surface area contributed by atoms with Crippen molar-refractivity contribution in [2.45, 2.75) is 91.8 Å². The number of amides is 4. The summed E-state index contributed by atoms with van der Waals surface area (Å²) in [6, 6.07) is 8.52. The molecule has 0 spiro atoms. The van der Waals surface area contributed by atoms with Crippen molar-refractivity contribution in [3.05, 3.63) is 63.7 Å². The molecule has 2 aromatic rings. The standard InChI is InChI=1S/C31H43ClN4O5/c1-8-9-10-14-36(29(39)24(18-25(33)37)34-30(40)41-31(5,6)7)27(22-16-19(2)15-20(3)17-22)28(38)35-26-21(4)12-11-13-23(26)32/h11-13,15-17,24,27H,8-10,14,18H2,1-7H3,(H2,33,37)(H,34,40)(H,35,38). The first-order chi connectivity index (χ1) is 19.1. The lowest BCUT2D eigenvalue weighted by Gasteiger charge is -2.35. The lowest BCUT2D eigenvalue weighted by atomic mass is 9.97. The smallest absolute Gasteiger partial charge is 0.408 e. The highest BCUT2D eigenvalue weighted by molar-refractivity contribution is 6.34. The highest BCUT2D eigenvalue weighted by Gasteiger charge is 2.37. The summed E-state index contributed by atoms with van der Waals surface area (Å²) in [4.78, 5) is 54.4. The first kappa shape index (κ1) is 33.6. The number of ether oxygens (including phenoxy) is 1. The number of benzene rings is 2. The van der Waals surface area contributed by atoms with Gasteiger partial charge in [-0.1, -0.05) is 72.8 Å². The quantitative estimate of drug-likeness (QED) is 0.273. The number of halogens is 1. The van der Waals surface area contributed by atoms with Crippen LogP contribution < -0.4 is 16.4 Å². The van der Waals surface area contributed by atoms with Crippen LogP contribution in [0, 0.1) is 20.8 Å². The van der Waals surface area contributed by atoms with E-state index in [0.29, 0.717) is 22.7 Å². The molecule has 0 saturated heterocycles. The number of hydrogen-bond acceptors (Lipinski definition) is 5. The van der Waals surface area contributed by atoms with E-state index in [-0.39, 0.29) is 6.54 Å². The predicted molar refractivity (Wildman–Crippen MR) is 162 cm³/mol. The maximum absolute atomic E-state index is 14.2. The second kappa shape index (κ2) is 14.9. The number of hydrogen-bond donors (Lipinski definition) is 3. The van der Waals surface area contributed by atoms with Gasteiger partial charge in [-0.3, -0.25) is 14.4 Å². The molecule has 0 aliphatic heterocycles. The molecular weight excluding hydrogens is 544 g/mol. The number of aryl methyl sites for hydroxylation is 3. The van der Waals surface area contributed by atoms with Crippen molar-refractivity contribution < 1.29 is 23.9 Å². The normalized spacial score (nSPS) is 12.7. The Morgan fingerprint density at radius 3 is 2.20 bits per heavy atom. The third-order valence-corrected chi connectivity index (χ3v) is 6.58. The van der Waals surface area contributed by atoms with E-state index in [1.54, 1.807) is 32.9 Å². The van der Waals surface area contributed by atoms with Crippen molar-refractivity contribution in [2.24, 2.45) is 5.73 Å². The summed E-state index contributed by atoms with van der Waals surface area (Å²) < 4.78 is 5.34. The molecule has 2 atom stereocenters. The summed E-state index contributed by atoms with van der Waals surface area (Å²) in [5.41, 5.74) is 8.25. The van der Waals surface area contributed by atoms with Crippen LogP contribution in [0.5, 0.6) is 0 Å². The summed E-state index contributed by atoms with van der Waals surface area (Å²) in [7, 11) is 0. The number of nitrogens with two attached hydrogens (primary N) is 1. The third kappa shape index (κ3) is 10.4. The van der Waals surface area contributed by atoms with Gasteiger partial charge < -0.3 is 26.0 Å². The van der Waals surface area contributed by atoms with E-state index in [1.165, 1.54) is 4.90 Å². The van der Waals surface area contributed by atoms with Crippen molar-refractivity contribution in [3.8, 4) is 0 Å². The van der Waals surface area contributed by atoms with E-state index in [0.717, 1.165) is 29.5 Å². The van der Waals surface area contributed by atoms with Crippen LogP contribution in [0.15, 0.2) is 36.4 Å². The molecule has 0 aliphatic rings. The van der Waals surface area contributed by atoms with E-state index < -0.39 is 47.9 Å². The number of rotatable bonds is 12. The van der Waals surface area contributed by atoms with Gasteiger partial charge in [0.1, 0.15) is 17.7 Å². The minimum absolute atomic E-state index is 0.199. The Bertz CT molecular complexity index is 1220. The van der Waals surface area contributed by atoms with Crippen molar-refractivity contribution >= 4 is 41.1 Å². The zero-order valence-corrected chi connectivity index (χ0v) is 25.9. The van der Waals surface area contributed by atoms with Crippen molar-refractivity contribution in [1.29, 1.82) is 0 Å². The fourth-order valence-electron chi connectivity index (χ4n) is 4.57. The highest BCUT2D eigenvalue weighted by Crippen LogP contribution is 2.30. The Kier molecular flexibility index (Phi) is 12.2. The molecule has 10 heteroatoms. The van der Waals surface area contributed by atoms with Gasteiger partial charge in [-0.2, -0.15) is 0 Å². The molecule has 224 valence electrons. The van der Waals surface area contributed by atoms with Crippen LogP contribution in [-0.4, -0.2) is 46.9 Å². The van der Waals surface area contributed by atoms with Gasteiger partial charge in [-0.25, -0.2) is 4.79 Å². The molecule has 0 radical (unpaired) electrons. The van der Waals surface area contributed by atoms with Crippen LogP contribution in [0.3, 0.4) is 0 Å². The number of nitrogens with one attached hydrogen (secondary N) is 2. The lowest BCUT2D eigenvalue weighted by Crippen LogP contribution is -2.53. The zero-order chi connectivity index (χ0) is 30.9. The van der Waals surface area contributed by atoms with E-state index in [9.17, 15) is 19.2 Å². The number of unbranched alkanes of at least 4 members (excludes halogenated alkanes) is 2. The fourth-order valence-corrected chi connectivity index (χ4v) is 4.84. The number of carbonyl (C=O) groups excluding carboxylic acids is 4. The molecule has 0 aromatic heterocycles. The maximum atomic E-state index is 14.2. The molecule has 0 fully saturated rings. The Morgan fingerprint density at radius 1 is 1.02 bits per heavy atom. The van der Waals surface area contributed by atoms with Gasteiger partial charge in [-0.05, 0) is 65.2 Å². The first-order valence-corrected chi connectivity index (χ1v) is 14.2. The van der Waals surface area contributed by atoms with Crippen LogP contribution in [0.4, 0.5) is 10.5 Å². The fraction of sp³-hybridized carbons (Fsp3) is 0.484. The van der Waals surface area contributed by atoms with Gasteiger partial charge in [0.05, 0.1) is 17.1 Å². The Labute approximate surface area is 248 Å². The SMILES string of the molecule is CCCCCN(C(=O)C(CC(N)=O)NC(=O)OC(C)(C)C)C(C(=O)Nc1c(C)cccc1Cl)c1cc(C)cc(C)c1. The molecule has 0 aliphatic carbocycles. The zero-order valence-electron chi connectivity index (χ0n) is 25.1. The maximum Gasteiger partial charge on any atom is 0.408 e. The Morgan fingerprint density at radius 2 is 1.66 bits per heavy atom. The van der Waals surface area contributed by atoms with Crippen molar-refractivity contribution in [3.63, 3.8) is 0 Å². The second-order valence-electron chi connectivity index (χ2n) is 11.4. The number of carbonyl (C=O) groups is 4. The molecule has 0 heterocycles. The van der Waals surface area contributed by atoms with Gasteiger partial charge in [0.2, 0.25) is 11.8 Å². The van der Waals surface area contributed by atoms with Gasteiger partial charge in [0.25, 0.3) is 5.91 Å². The van der Waals surface area contributed by atoms with Crippen LogP contribution in [-0.2, 0) is 19.1 Å². The van der Waals surface area contributed by atoms with Gasteiger partial charge in [0, 0.05) is 6.54 Å². The second-order valence-corrected chi connectivity index (χ2v) is 11.8. The largest absolute Gasteiger partial charge is 0.444 e. The molecule has 2 unspecified atom stereocenters. The lowest BCUT2D eigenvalue weighted by molar-refractivity contribution is -0.142. The average molecular weight is 587 g/mol. The van der Waals surface area contributed by atoms with Gasteiger partial charge >= 0.3 is 6.09 Å². The number of nitrogens with zero attached hydrogens (tertiary/aromatic N) is 1. The van der Waals surface area contributed by atoms with Crippen LogP contribution in [0.2, 0.25) is 5.02 Å². The molecule has 9 nitrogen and oxygen atoms in total. The van der Waals surface area contributed by atoms with E-state index in [4.69, 9.17) is 22.1 Å². The molecule has 4 N–H and O–H groups in total. The Hall–Kier alpha value is -3.59. The third-order valence-electron chi connectivity index (χ3n) is 6.27. The molecule has 2 aromatic carbocycles. The summed E-state index contributed by atoms with van der Waals surface area (Å²) in [6.45, 7) is 12.9.